The number of hydrogen-bond acceptors (Lipinski definition) is 3. The zero-order valence-electron chi connectivity index (χ0n) is 11.1. The maximum absolute atomic E-state index is 14.0. The first-order chi connectivity index (χ1) is 9.15. The molecule has 2 unspecified atom stereocenters. The van der Waals surface area contributed by atoms with Crippen LogP contribution in [0.4, 0.5) is 4.39 Å². The zero-order valence-corrected chi connectivity index (χ0v) is 12.7. The van der Waals surface area contributed by atoms with E-state index in [4.69, 9.17) is 17.3 Å². The summed E-state index contributed by atoms with van der Waals surface area (Å²) in [5.74, 6) is 0.832. The van der Waals surface area contributed by atoms with Crippen molar-refractivity contribution in [2.75, 3.05) is 25.4 Å². The highest BCUT2D eigenvalue weighted by molar-refractivity contribution is 8.00. The summed E-state index contributed by atoms with van der Waals surface area (Å²) < 4.78 is 14.0. The van der Waals surface area contributed by atoms with Gasteiger partial charge >= 0.3 is 0 Å². The maximum atomic E-state index is 14.0. The Morgan fingerprint density at radius 2 is 2.37 bits per heavy atom. The third-order valence-corrected chi connectivity index (χ3v) is 5.22. The van der Waals surface area contributed by atoms with Gasteiger partial charge in [0.25, 0.3) is 0 Å². The van der Waals surface area contributed by atoms with Gasteiger partial charge in [-0.15, -0.1) is 0 Å². The molecule has 0 aromatic heterocycles. The van der Waals surface area contributed by atoms with Gasteiger partial charge in [0.2, 0.25) is 0 Å². The highest BCUT2D eigenvalue weighted by Crippen LogP contribution is 2.30. The van der Waals surface area contributed by atoms with E-state index >= 15 is 0 Å². The molecule has 1 aromatic carbocycles. The minimum absolute atomic E-state index is 0.0489. The standard InChI is InChI=1S/C14H20ClFN2S/c1-2-11-9-18(5-6-19-11)14(8-17)12-4-3-10(15)7-13(12)16/h3-4,7,11,14H,2,5-6,8-9,17H2,1H3. The summed E-state index contributed by atoms with van der Waals surface area (Å²) in [5.41, 5.74) is 6.54. The van der Waals surface area contributed by atoms with Crippen molar-refractivity contribution in [2.45, 2.75) is 24.6 Å². The van der Waals surface area contributed by atoms with E-state index in [0.29, 0.717) is 22.4 Å². The van der Waals surface area contributed by atoms with Crippen molar-refractivity contribution in [1.29, 1.82) is 0 Å². The topological polar surface area (TPSA) is 29.3 Å². The lowest BCUT2D eigenvalue weighted by Crippen LogP contribution is -2.43. The minimum Gasteiger partial charge on any atom is -0.329 e. The van der Waals surface area contributed by atoms with Crippen molar-refractivity contribution in [3.8, 4) is 0 Å². The van der Waals surface area contributed by atoms with E-state index in [0.717, 1.165) is 25.3 Å². The third-order valence-electron chi connectivity index (χ3n) is 3.61. The van der Waals surface area contributed by atoms with Crippen molar-refractivity contribution < 1.29 is 4.39 Å². The molecule has 1 fully saturated rings. The summed E-state index contributed by atoms with van der Waals surface area (Å²) in [6.45, 7) is 4.57. The van der Waals surface area contributed by atoms with Crippen LogP contribution in [-0.2, 0) is 0 Å². The second-order valence-electron chi connectivity index (χ2n) is 4.81. The minimum atomic E-state index is -0.255. The fourth-order valence-corrected chi connectivity index (χ4v) is 3.88. The average Bonchev–Trinajstić information content (AvgIpc) is 2.42. The van der Waals surface area contributed by atoms with Crippen LogP contribution in [-0.4, -0.2) is 35.5 Å². The first-order valence-corrected chi connectivity index (χ1v) is 8.09. The quantitative estimate of drug-likeness (QED) is 0.925. The van der Waals surface area contributed by atoms with E-state index in [1.165, 1.54) is 6.07 Å². The second kappa shape index (κ2) is 6.93. The molecule has 1 heterocycles. The Kier molecular flexibility index (Phi) is 5.51. The number of nitrogens with two attached hydrogens (primary N) is 1. The number of benzene rings is 1. The molecule has 2 rings (SSSR count). The molecule has 2 atom stereocenters. The summed E-state index contributed by atoms with van der Waals surface area (Å²) >= 11 is 7.81. The van der Waals surface area contributed by atoms with Crippen LogP contribution >= 0.6 is 23.4 Å². The molecule has 106 valence electrons. The molecule has 0 spiro atoms. The van der Waals surface area contributed by atoms with E-state index < -0.39 is 0 Å². The number of hydrogen-bond donors (Lipinski definition) is 1. The van der Waals surface area contributed by atoms with Crippen LogP contribution in [0.5, 0.6) is 0 Å². The number of halogens is 2. The van der Waals surface area contributed by atoms with E-state index in [9.17, 15) is 4.39 Å². The van der Waals surface area contributed by atoms with Gasteiger partial charge in [0.05, 0.1) is 0 Å². The Balaban J connectivity index is 2.19. The predicted molar refractivity (Wildman–Crippen MR) is 81.3 cm³/mol. The Labute approximate surface area is 123 Å². The normalized spacial score (nSPS) is 22.4. The molecule has 0 saturated carbocycles. The van der Waals surface area contributed by atoms with E-state index in [1.54, 1.807) is 12.1 Å². The fraction of sp³-hybridized carbons (Fsp3) is 0.571. The van der Waals surface area contributed by atoms with Gasteiger partial charge < -0.3 is 5.73 Å². The molecule has 0 amide bonds. The second-order valence-corrected chi connectivity index (χ2v) is 6.66. The van der Waals surface area contributed by atoms with Gasteiger partial charge in [0.15, 0.2) is 0 Å². The zero-order chi connectivity index (χ0) is 13.8. The highest BCUT2D eigenvalue weighted by atomic mass is 35.5. The van der Waals surface area contributed by atoms with Gasteiger partial charge in [-0.2, -0.15) is 11.8 Å². The van der Waals surface area contributed by atoms with Crippen LogP contribution in [0.15, 0.2) is 18.2 Å². The van der Waals surface area contributed by atoms with Crippen LogP contribution in [0.3, 0.4) is 0 Å². The molecule has 0 aliphatic carbocycles. The van der Waals surface area contributed by atoms with Crippen molar-refractivity contribution in [3.63, 3.8) is 0 Å². The number of nitrogens with zero attached hydrogens (tertiary/aromatic N) is 1. The number of thioether (sulfide) groups is 1. The molecule has 0 radical (unpaired) electrons. The molecule has 5 heteroatoms. The van der Waals surface area contributed by atoms with Crippen molar-refractivity contribution in [2.24, 2.45) is 5.73 Å². The molecule has 1 aromatic rings. The van der Waals surface area contributed by atoms with Crippen LogP contribution in [0.2, 0.25) is 5.02 Å². The van der Waals surface area contributed by atoms with Crippen molar-refractivity contribution in [1.82, 2.24) is 4.90 Å². The van der Waals surface area contributed by atoms with Gasteiger partial charge in [-0.3, -0.25) is 4.90 Å². The van der Waals surface area contributed by atoms with Crippen molar-refractivity contribution in [3.05, 3.63) is 34.6 Å². The smallest absolute Gasteiger partial charge is 0.129 e. The summed E-state index contributed by atoms with van der Waals surface area (Å²) in [4.78, 5) is 2.30. The van der Waals surface area contributed by atoms with E-state index in [-0.39, 0.29) is 11.9 Å². The Morgan fingerprint density at radius 3 is 3.00 bits per heavy atom. The molecule has 1 saturated heterocycles. The molecule has 0 bridgehead atoms. The summed E-state index contributed by atoms with van der Waals surface area (Å²) in [6.07, 6.45) is 1.14. The highest BCUT2D eigenvalue weighted by Gasteiger charge is 2.27. The van der Waals surface area contributed by atoms with Crippen LogP contribution < -0.4 is 5.73 Å². The molecular weight excluding hydrogens is 283 g/mol. The first-order valence-electron chi connectivity index (χ1n) is 6.66. The van der Waals surface area contributed by atoms with Gasteiger partial charge in [0.1, 0.15) is 5.82 Å². The Morgan fingerprint density at radius 1 is 1.58 bits per heavy atom. The lowest BCUT2D eigenvalue weighted by atomic mass is 10.0. The van der Waals surface area contributed by atoms with Crippen molar-refractivity contribution >= 4 is 23.4 Å². The molecule has 19 heavy (non-hydrogen) atoms. The molecule has 2 nitrogen and oxygen atoms in total. The summed E-state index contributed by atoms with van der Waals surface area (Å²) in [5, 5.41) is 1.05. The third kappa shape index (κ3) is 3.63. The largest absolute Gasteiger partial charge is 0.329 e. The Hall–Kier alpha value is -0.290. The van der Waals surface area contributed by atoms with Crippen LogP contribution in [0, 0.1) is 5.82 Å². The monoisotopic (exact) mass is 302 g/mol. The lowest BCUT2D eigenvalue weighted by Gasteiger charge is -2.37. The van der Waals surface area contributed by atoms with Gasteiger partial charge in [-0.25, -0.2) is 4.39 Å². The molecule has 1 aliphatic heterocycles. The molecule has 2 N–H and O–H groups in total. The van der Waals surface area contributed by atoms with Gasteiger partial charge in [-0.05, 0) is 18.6 Å². The first kappa shape index (κ1) is 15.1. The Bertz CT molecular complexity index is 430. The maximum Gasteiger partial charge on any atom is 0.129 e. The number of rotatable bonds is 4. The van der Waals surface area contributed by atoms with Gasteiger partial charge in [-0.1, -0.05) is 24.6 Å². The average molecular weight is 303 g/mol. The predicted octanol–water partition coefficient (Wildman–Crippen LogP) is 3.31. The summed E-state index contributed by atoms with van der Waals surface area (Å²) in [7, 11) is 0. The fourth-order valence-electron chi connectivity index (χ4n) is 2.52. The van der Waals surface area contributed by atoms with E-state index in [2.05, 4.69) is 11.8 Å². The molecule has 1 aliphatic rings. The van der Waals surface area contributed by atoms with Gasteiger partial charge in [0, 0.05) is 47.3 Å². The SMILES string of the molecule is CCC1CN(C(CN)c2ccc(Cl)cc2F)CCS1. The lowest BCUT2D eigenvalue weighted by molar-refractivity contribution is 0.203. The van der Waals surface area contributed by atoms with Crippen LogP contribution in [0.25, 0.3) is 0 Å². The summed E-state index contributed by atoms with van der Waals surface area (Å²) in [6, 6.07) is 4.82. The van der Waals surface area contributed by atoms with E-state index in [1.807, 2.05) is 11.8 Å². The van der Waals surface area contributed by atoms with Crippen LogP contribution in [0.1, 0.15) is 24.9 Å². The molecular formula is C14H20ClFN2S.